The molecule has 0 aliphatic rings. The lowest BCUT2D eigenvalue weighted by Crippen LogP contribution is -2.00. The molecule has 8 rings (SSSR count). The van der Waals surface area contributed by atoms with Crippen molar-refractivity contribution in [3.05, 3.63) is 188 Å². The molecule has 0 bridgehead atoms. The highest BCUT2D eigenvalue weighted by Crippen LogP contribution is 2.35. The number of nitrogens with zero attached hydrogens (tertiary/aromatic N) is 3. The van der Waals surface area contributed by atoms with E-state index in [2.05, 4.69) is 146 Å². The SMILES string of the molecule is c1ccc(-c2ccc(-c3nc(-c4ccccc4)nc(-c4cccc(-c5ccccc5-c5ccc(-c6ccccc6)cc5)c4)n3)cc2)cc1. The van der Waals surface area contributed by atoms with E-state index in [4.69, 9.17) is 15.0 Å². The molecule has 0 N–H and O–H groups in total. The lowest BCUT2D eigenvalue weighted by Gasteiger charge is -2.13. The maximum atomic E-state index is 5.03. The number of hydrogen-bond acceptors (Lipinski definition) is 3. The van der Waals surface area contributed by atoms with Gasteiger partial charge in [-0.25, -0.2) is 15.0 Å². The molecule has 0 saturated carbocycles. The van der Waals surface area contributed by atoms with Gasteiger partial charge in [-0.2, -0.15) is 0 Å². The Morgan fingerprint density at radius 3 is 1.04 bits per heavy atom. The van der Waals surface area contributed by atoms with E-state index in [-0.39, 0.29) is 0 Å². The van der Waals surface area contributed by atoms with Crippen molar-refractivity contribution in [2.75, 3.05) is 0 Å². The molecule has 0 unspecified atom stereocenters. The standard InChI is InChI=1S/C45H31N3/c1-4-13-32(14-5-1)34-23-27-36(28-24-34)41-21-10-11-22-42(41)39-19-12-20-40(31-39)45-47-43(37-17-8-3-9-18-37)46-44(48-45)38-29-25-35(26-30-38)33-15-6-2-7-16-33/h1-31H. The molecule has 0 aliphatic carbocycles. The predicted octanol–water partition coefficient (Wildman–Crippen LogP) is 11.5. The summed E-state index contributed by atoms with van der Waals surface area (Å²) < 4.78 is 0. The van der Waals surface area contributed by atoms with E-state index in [0.717, 1.165) is 33.4 Å². The lowest BCUT2D eigenvalue weighted by atomic mass is 9.92. The van der Waals surface area contributed by atoms with Gasteiger partial charge in [-0.15, -0.1) is 0 Å². The first-order valence-corrected chi connectivity index (χ1v) is 16.1. The van der Waals surface area contributed by atoms with Gasteiger partial charge in [0.15, 0.2) is 17.5 Å². The summed E-state index contributed by atoms with van der Waals surface area (Å²) in [4.78, 5) is 15.0. The van der Waals surface area contributed by atoms with Crippen molar-refractivity contribution >= 4 is 0 Å². The van der Waals surface area contributed by atoms with Crippen LogP contribution in [0.25, 0.3) is 78.7 Å². The third-order valence-electron chi connectivity index (χ3n) is 8.58. The van der Waals surface area contributed by atoms with Gasteiger partial charge in [-0.05, 0) is 50.6 Å². The first kappa shape index (κ1) is 29.0. The van der Waals surface area contributed by atoms with Crippen LogP contribution < -0.4 is 0 Å². The third kappa shape index (κ3) is 6.05. The second-order valence-corrected chi connectivity index (χ2v) is 11.7. The Labute approximate surface area is 280 Å². The normalized spacial score (nSPS) is 10.9. The minimum Gasteiger partial charge on any atom is -0.208 e. The molecule has 0 atom stereocenters. The van der Waals surface area contributed by atoms with Crippen LogP contribution in [-0.2, 0) is 0 Å². The van der Waals surface area contributed by atoms with Crippen LogP contribution in [-0.4, -0.2) is 15.0 Å². The largest absolute Gasteiger partial charge is 0.208 e. The van der Waals surface area contributed by atoms with Crippen LogP contribution >= 0.6 is 0 Å². The Kier molecular flexibility index (Phi) is 7.92. The zero-order valence-electron chi connectivity index (χ0n) is 26.2. The number of aromatic nitrogens is 3. The molecule has 0 fully saturated rings. The van der Waals surface area contributed by atoms with Crippen LogP contribution in [0.4, 0.5) is 0 Å². The molecule has 3 nitrogen and oxygen atoms in total. The minimum absolute atomic E-state index is 0.637. The minimum atomic E-state index is 0.637. The van der Waals surface area contributed by atoms with Crippen molar-refractivity contribution in [2.24, 2.45) is 0 Å². The van der Waals surface area contributed by atoms with Gasteiger partial charge in [0.1, 0.15) is 0 Å². The Hall–Kier alpha value is -6.45. The van der Waals surface area contributed by atoms with Crippen molar-refractivity contribution in [2.45, 2.75) is 0 Å². The zero-order valence-corrected chi connectivity index (χ0v) is 26.2. The van der Waals surface area contributed by atoms with Gasteiger partial charge in [-0.3, -0.25) is 0 Å². The molecule has 1 heterocycles. The Balaban J connectivity index is 1.18. The summed E-state index contributed by atoms with van der Waals surface area (Å²) in [6, 6.07) is 65.3. The van der Waals surface area contributed by atoms with Gasteiger partial charge in [0.05, 0.1) is 0 Å². The first-order valence-electron chi connectivity index (χ1n) is 16.1. The summed E-state index contributed by atoms with van der Waals surface area (Å²) in [5, 5.41) is 0. The molecule has 7 aromatic carbocycles. The molecule has 0 aliphatic heterocycles. The third-order valence-corrected chi connectivity index (χ3v) is 8.58. The quantitative estimate of drug-likeness (QED) is 0.179. The van der Waals surface area contributed by atoms with Crippen molar-refractivity contribution in [3.8, 4) is 78.7 Å². The summed E-state index contributed by atoms with van der Waals surface area (Å²) in [6.07, 6.45) is 0. The highest BCUT2D eigenvalue weighted by molar-refractivity contribution is 5.86. The fourth-order valence-electron chi connectivity index (χ4n) is 6.08. The monoisotopic (exact) mass is 613 g/mol. The Bertz CT molecular complexity index is 2300. The van der Waals surface area contributed by atoms with Gasteiger partial charge in [0.2, 0.25) is 0 Å². The summed E-state index contributed by atoms with van der Waals surface area (Å²) in [7, 11) is 0. The number of benzene rings is 7. The lowest BCUT2D eigenvalue weighted by molar-refractivity contribution is 1.07. The van der Waals surface area contributed by atoms with Crippen LogP contribution in [0, 0.1) is 0 Å². The van der Waals surface area contributed by atoms with E-state index in [1.54, 1.807) is 0 Å². The number of hydrogen-bond donors (Lipinski definition) is 0. The van der Waals surface area contributed by atoms with Crippen LogP contribution in [0.5, 0.6) is 0 Å². The molecule has 3 heteroatoms. The average molecular weight is 614 g/mol. The maximum absolute atomic E-state index is 5.03. The predicted molar refractivity (Wildman–Crippen MR) is 198 cm³/mol. The van der Waals surface area contributed by atoms with Gasteiger partial charge in [0.25, 0.3) is 0 Å². The van der Waals surface area contributed by atoms with E-state index in [0.29, 0.717) is 17.5 Å². The van der Waals surface area contributed by atoms with Crippen molar-refractivity contribution < 1.29 is 0 Å². The first-order chi connectivity index (χ1) is 23.8. The van der Waals surface area contributed by atoms with E-state index in [9.17, 15) is 0 Å². The van der Waals surface area contributed by atoms with Crippen molar-refractivity contribution in [1.82, 2.24) is 15.0 Å². The van der Waals surface area contributed by atoms with Gasteiger partial charge in [0, 0.05) is 16.7 Å². The topological polar surface area (TPSA) is 38.7 Å². The van der Waals surface area contributed by atoms with Crippen LogP contribution in [0.3, 0.4) is 0 Å². The van der Waals surface area contributed by atoms with Gasteiger partial charge >= 0.3 is 0 Å². The van der Waals surface area contributed by atoms with E-state index in [1.807, 2.05) is 42.5 Å². The molecule has 0 amide bonds. The molecule has 0 spiro atoms. The summed E-state index contributed by atoms with van der Waals surface area (Å²) in [5.74, 6) is 1.92. The molecular weight excluding hydrogens is 583 g/mol. The molecule has 0 radical (unpaired) electrons. The Morgan fingerprint density at radius 1 is 0.208 bits per heavy atom. The molecule has 226 valence electrons. The van der Waals surface area contributed by atoms with Crippen LogP contribution in [0.1, 0.15) is 0 Å². The smallest absolute Gasteiger partial charge is 0.164 e. The molecule has 8 aromatic rings. The fraction of sp³-hybridized carbons (Fsp3) is 0. The van der Waals surface area contributed by atoms with E-state index >= 15 is 0 Å². The molecule has 48 heavy (non-hydrogen) atoms. The van der Waals surface area contributed by atoms with Crippen molar-refractivity contribution in [1.29, 1.82) is 0 Å². The van der Waals surface area contributed by atoms with Crippen LogP contribution in [0.15, 0.2) is 188 Å². The fourth-order valence-corrected chi connectivity index (χ4v) is 6.08. The summed E-state index contributed by atoms with van der Waals surface area (Å²) in [5.41, 5.74) is 12.2. The summed E-state index contributed by atoms with van der Waals surface area (Å²) in [6.45, 7) is 0. The summed E-state index contributed by atoms with van der Waals surface area (Å²) >= 11 is 0. The molecular formula is C45H31N3. The highest BCUT2D eigenvalue weighted by Gasteiger charge is 2.14. The van der Waals surface area contributed by atoms with E-state index < -0.39 is 0 Å². The average Bonchev–Trinajstić information content (AvgIpc) is 3.19. The van der Waals surface area contributed by atoms with Crippen LogP contribution in [0.2, 0.25) is 0 Å². The Morgan fingerprint density at radius 2 is 0.521 bits per heavy atom. The zero-order chi connectivity index (χ0) is 32.1. The molecule has 0 saturated heterocycles. The van der Waals surface area contributed by atoms with Gasteiger partial charge < -0.3 is 0 Å². The van der Waals surface area contributed by atoms with Gasteiger partial charge in [-0.1, -0.05) is 182 Å². The second kappa shape index (κ2) is 13.1. The second-order valence-electron chi connectivity index (χ2n) is 11.7. The van der Waals surface area contributed by atoms with Crippen molar-refractivity contribution in [3.63, 3.8) is 0 Å². The van der Waals surface area contributed by atoms with E-state index in [1.165, 1.54) is 27.8 Å². The molecule has 1 aromatic heterocycles. The maximum Gasteiger partial charge on any atom is 0.164 e. The number of rotatable bonds is 7. The highest BCUT2D eigenvalue weighted by atomic mass is 15.0.